The van der Waals surface area contributed by atoms with Gasteiger partial charge in [0.2, 0.25) is 0 Å². The molecule has 6 heteroatoms. The van der Waals surface area contributed by atoms with Crippen LogP contribution >= 0.6 is 31.9 Å². The van der Waals surface area contributed by atoms with E-state index in [0.717, 1.165) is 0 Å². The number of hydrogen-bond donors (Lipinski definition) is 2. The number of carbonyl (C=O) groups is 1. The van der Waals surface area contributed by atoms with Crippen LogP contribution < -0.4 is 0 Å². The Kier molecular flexibility index (Phi) is 2.69. The van der Waals surface area contributed by atoms with E-state index in [1.165, 1.54) is 6.07 Å². The number of rotatable bonds is 1. The Morgan fingerprint density at radius 3 is 2.58 bits per heavy atom. The molecule has 0 aliphatic carbocycles. The van der Waals surface area contributed by atoms with Gasteiger partial charge in [0.25, 0.3) is 0 Å². The van der Waals surface area contributed by atoms with Crippen LogP contribution in [0, 0.1) is 0 Å². The fourth-order valence-electron chi connectivity index (χ4n) is 0.627. The van der Waals surface area contributed by atoms with Crippen LogP contribution in [0.2, 0.25) is 0 Å². The molecule has 0 spiro atoms. The van der Waals surface area contributed by atoms with Crippen LogP contribution in [-0.2, 0) is 0 Å². The van der Waals surface area contributed by atoms with Crippen molar-refractivity contribution in [3.8, 4) is 5.75 Å². The highest BCUT2D eigenvalue weighted by Crippen LogP contribution is 2.28. The molecule has 0 amide bonds. The van der Waals surface area contributed by atoms with Gasteiger partial charge in [-0.05, 0) is 37.9 Å². The first kappa shape index (κ1) is 9.47. The summed E-state index contributed by atoms with van der Waals surface area (Å²) < 4.78 is 0.645. The summed E-state index contributed by atoms with van der Waals surface area (Å²) in [5.41, 5.74) is -0.378. The average molecular weight is 297 g/mol. The van der Waals surface area contributed by atoms with E-state index in [2.05, 4.69) is 36.8 Å². The summed E-state index contributed by atoms with van der Waals surface area (Å²) in [6.07, 6.45) is 0. The van der Waals surface area contributed by atoms with E-state index in [4.69, 9.17) is 5.11 Å². The van der Waals surface area contributed by atoms with Gasteiger partial charge in [0.15, 0.2) is 11.4 Å². The molecule has 0 atom stereocenters. The fraction of sp³-hybridized carbons (Fsp3) is 0. The van der Waals surface area contributed by atoms with Crippen molar-refractivity contribution < 1.29 is 15.0 Å². The smallest absolute Gasteiger partial charge is 0.358 e. The molecule has 0 saturated carbocycles. The zero-order valence-corrected chi connectivity index (χ0v) is 8.76. The fourth-order valence-corrected chi connectivity index (χ4v) is 1.75. The number of aromatic nitrogens is 1. The van der Waals surface area contributed by atoms with E-state index < -0.39 is 5.97 Å². The molecule has 0 fully saturated rings. The molecule has 0 unspecified atom stereocenters. The Bertz CT molecular complexity index is 340. The van der Waals surface area contributed by atoms with Gasteiger partial charge in [-0.15, -0.1) is 0 Å². The molecule has 2 N–H and O–H groups in total. The normalized spacial score (nSPS) is 9.83. The Morgan fingerprint density at radius 1 is 1.50 bits per heavy atom. The van der Waals surface area contributed by atoms with E-state index >= 15 is 0 Å². The second-order valence-corrected chi connectivity index (χ2v) is 3.60. The highest BCUT2D eigenvalue weighted by atomic mass is 79.9. The Balaban J connectivity index is 3.37. The van der Waals surface area contributed by atoms with E-state index in [1.54, 1.807) is 0 Å². The average Bonchev–Trinajstić information content (AvgIpc) is 1.96. The van der Waals surface area contributed by atoms with Crippen LogP contribution in [0.4, 0.5) is 0 Å². The van der Waals surface area contributed by atoms with Gasteiger partial charge in [-0.25, -0.2) is 9.78 Å². The lowest BCUT2D eigenvalue weighted by Gasteiger charge is -2.00. The van der Waals surface area contributed by atoms with Crippen LogP contribution in [0.3, 0.4) is 0 Å². The van der Waals surface area contributed by atoms with Crippen molar-refractivity contribution in [2.45, 2.75) is 0 Å². The number of aromatic hydroxyl groups is 1. The summed E-state index contributed by atoms with van der Waals surface area (Å²) >= 11 is 5.98. The van der Waals surface area contributed by atoms with E-state index in [1.807, 2.05) is 0 Å². The summed E-state index contributed by atoms with van der Waals surface area (Å²) in [6, 6.07) is 1.46. The molecule has 12 heavy (non-hydrogen) atoms. The van der Waals surface area contributed by atoms with Crippen LogP contribution in [0.1, 0.15) is 10.5 Å². The quantitative estimate of drug-likeness (QED) is 0.778. The van der Waals surface area contributed by atoms with Crippen molar-refractivity contribution in [1.29, 1.82) is 0 Å². The minimum atomic E-state index is -1.27. The molecule has 0 aliphatic rings. The summed E-state index contributed by atoms with van der Waals surface area (Å²) in [6.45, 7) is 0. The summed E-state index contributed by atoms with van der Waals surface area (Å²) in [5, 5.41) is 17.7. The second kappa shape index (κ2) is 3.40. The minimum Gasteiger partial charge on any atom is -0.504 e. The summed E-state index contributed by atoms with van der Waals surface area (Å²) in [4.78, 5) is 14.0. The zero-order chi connectivity index (χ0) is 9.30. The van der Waals surface area contributed by atoms with E-state index in [-0.39, 0.29) is 11.4 Å². The lowest BCUT2D eigenvalue weighted by Crippen LogP contribution is -2.01. The first-order chi connectivity index (χ1) is 5.52. The molecule has 1 heterocycles. The van der Waals surface area contributed by atoms with Gasteiger partial charge in [-0.1, -0.05) is 0 Å². The maximum absolute atomic E-state index is 10.5. The highest BCUT2D eigenvalue weighted by molar-refractivity contribution is 9.11. The van der Waals surface area contributed by atoms with Crippen LogP contribution in [0.15, 0.2) is 15.1 Å². The van der Waals surface area contributed by atoms with Crippen LogP contribution in [0.25, 0.3) is 0 Å². The van der Waals surface area contributed by atoms with Gasteiger partial charge in [0.1, 0.15) is 4.60 Å². The molecular formula is C6H3Br2NO3. The maximum atomic E-state index is 10.5. The minimum absolute atomic E-state index is 0.293. The molecule has 1 aromatic rings. The predicted octanol–water partition coefficient (Wildman–Crippen LogP) is 2.01. The lowest BCUT2D eigenvalue weighted by atomic mass is 10.3. The molecule has 4 nitrogen and oxygen atoms in total. The SMILES string of the molecule is O=C(O)c1nc(Br)cc(Br)c1O. The molecule has 0 aromatic carbocycles. The van der Waals surface area contributed by atoms with Gasteiger partial charge in [-0.3, -0.25) is 0 Å². The number of carboxylic acid groups (broad SMARTS) is 1. The number of halogens is 2. The van der Waals surface area contributed by atoms with E-state index in [0.29, 0.717) is 9.08 Å². The molecular weight excluding hydrogens is 294 g/mol. The first-order valence-electron chi connectivity index (χ1n) is 2.80. The first-order valence-corrected chi connectivity index (χ1v) is 4.39. The van der Waals surface area contributed by atoms with Gasteiger partial charge in [-0.2, -0.15) is 0 Å². The number of hydrogen-bond acceptors (Lipinski definition) is 3. The highest BCUT2D eigenvalue weighted by Gasteiger charge is 2.14. The van der Waals surface area contributed by atoms with Crippen LogP contribution in [0.5, 0.6) is 5.75 Å². The van der Waals surface area contributed by atoms with E-state index in [9.17, 15) is 9.90 Å². The summed E-state index contributed by atoms with van der Waals surface area (Å²) in [5.74, 6) is -1.64. The molecule has 1 aromatic heterocycles. The molecule has 0 aliphatic heterocycles. The summed E-state index contributed by atoms with van der Waals surface area (Å²) in [7, 11) is 0. The molecule has 0 saturated heterocycles. The third kappa shape index (κ3) is 1.75. The van der Waals surface area contributed by atoms with Crippen molar-refractivity contribution in [2.75, 3.05) is 0 Å². The Hall–Kier alpha value is -0.620. The van der Waals surface area contributed by atoms with Gasteiger partial charge in [0, 0.05) is 0 Å². The number of pyridine rings is 1. The van der Waals surface area contributed by atoms with Gasteiger partial charge >= 0.3 is 5.97 Å². The lowest BCUT2D eigenvalue weighted by molar-refractivity contribution is 0.0686. The molecule has 1 rings (SSSR count). The largest absolute Gasteiger partial charge is 0.504 e. The van der Waals surface area contributed by atoms with Gasteiger partial charge < -0.3 is 10.2 Å². The Labute approximate surface area is 84.5 Å². The molecule has 0 radical (unpaired) electrons. The number of carboxylic acids is 1. The van der Waals surface area contributed by atoms with Crippen molar-refractivity contribution in [3.63, 3.8) is 0 Å². The Morgan fingerprint density at radius 2 is 2.08 bits per heavy atom. The molecule has 64 valence electrons. The van der Waals surface area contributed by atoms with Crippen molar-refractivity contribution in [2.24, 2.45) is 0 Å². The standard InChI is InChI=1S/C6H3Br2NO3/c7-2-1-3(8)9-4(5(2)10)6(11)12/h1,10H,(H,11,12). The van der Waals surface area contributed by atoms with Crippen molar-refractivity contribution >= 4 is 37.8 Å². The topological polar surface area (TPSA) is 70.4 Å². The van der Waals surface area contributed by atoms with Crippen molar-refractivity contribution in [1.82, 2.24) is 4.98 Å². The monoisotopic (exact) mass is 295 g/mol. The second-order valence-electron chi connectivity index (χ2n) is 1.93. The molecule has 0 bridgehead atoms. The van der Waals surface area contributed by atoms with Crippen LogP contribution in [-0.4, -0.2) is 21.2 Å². The zero-order valence-electron chi connectivity index (χ0n) is 5.58. The number of nitrogens with zero attached hydrogens (tertiary/aromatic N) is 1. The maximum Gasteiger partial charge on any atom is 0.358 e. The third-order valence-corrected chi connectivity index (χ3v) is 2.13. The van der Waals surface area contributed by atoms with Gasteiger partial charge in [0.05, 0.1) is 4.47 Å². The van der Waals surface area contributed by atoms with Crippen molar-refractivity contribution in [3.05, 3.63) is 20.8 Å². The predicted molar refractivity (Wildman–Crippen MR) is 48.3 cm³/mol. The third-order valence-electron chi connectivity index (χ3n) is 1.12. The number of aromatic carboxylic acids is 1.